The van der Waals surface area contributed by atoms with Gasteiger partial charge in [0.25, 0.3) is 0 Å². The number of carbonyl (C=O) groups is 1. The maximum atomic E-state index is 12.4. The molecule has 0 aliphatic carbocycles. The van der Waals surface area contributed by atoms with Crippen LogP contribution in [0.1, 0.15) is 24.6 Å². The minimum absolute atomic E-state index is 0.0695. The third kappa shape index (κ3) is 3.85. The van der Waals surface area contributed by atoms with Crippen molar-refractivity contribution in [2.24, 2.45) is 0 Å². The fourth-order valence-electron chi connectivity index (χ4n) is 3.12. The van der Waals surface area contributed by atoms with Gasteiger partial charge < -0.3 is 9.88 Å². The summed E-state index contributed by atoms with van der Waals surface area (Å²) in [5.74, 6) is 0.0695. The van der Waals surface area contributed by atoms with Crippen molar-refractivity contribution >= 4 is 16.8 Å². The Morgan fingerprint density at radius 3 is 2.58 bits per heavy atom. The van der Waals surface area contributed by atoms with Gasteiger partial charge >= 0.3 is 0 Å². The van der Waals surface area contributed by atoms with Crippen molar-refractivity contribution in [2.75, 3.05) is 0 Å². The fourth-order valence-corrected chi connectivity index (χ4v) is 3.12. The molecule has 3 aromatic rings. The Hall–Kier alpha value is -2.55. The van der Waals surface area contributed by atoms with Crippen LogP contribution < -0.4 is 5.32 Å². The van der Waals surface area contributed by atoms with Crippen molar-refractivity contribution in [3.05, 3.63) is 71.9 Å². The molecule has 0 unspecified atom stereocenters. The number of rotatable bonds is 6. The molecule has 0 aliphatic heterocycles. The van der Waals surface area contributed by atoms with Gasteiger partial charge in [-0.2, -0.15) is 0 Å². The van der Waals surface area contributed by atoms with Gasteiger partial charge in [-0.3, -0.25) is 4.79 Å². The van der Waals surface area contributed by atoms with Crippen molar-refractivity contribution in [1.29, 1.82) is 0 Å². The number of carbonyl (C=O) groups excluding carboxylic acids is 1. The average Bonchev–Trinajstić information content (AvgIpc) is 2.90. The van der Waals surface area contributed by atoms with Crippen molar-refractivity contribution in [1.82, 2.24) is 9.88 Å². The number of nitrogens with one attached hydrogen (secondary N) is 1. The summed E-state index contributed by atoms with van der Waals surface area (Å²) in [6, 6.07) is 20.9. The fraction of sp³-hybridized carbons (Fsp3) is 0.286. The Labute approximate surface area is 143 Å². The zero-order chi connectivity index (χ0) is 16.9. The summed E-state index contributed by atoms with van der Waals surface area (Å²) in [5, 5.41) is 4.30. The van der Waals surface area contributed by atoms with E-state index < -0.39 is 0 Å². The Balaban J connectivity index is 1.57. The number of fused-ring (bicyclic) bond motifs is 1. The minimum atomic E-state index is 0.0695. The molecule has 1 atom stereocenters. The minimum Gasteiger partial charge on any atom is -0.352 e. The molecule has 0 radical (unpaired) electrons. The molecule has 0 spiro atoms. The van der Waals surface area contributed by atoms with E-state index in [1.165, 1.54) is 10.9 Å². The standard InChI is InChI=1S/C21H24N2O/c1-16(12-13-18-8-4-3-5-9-18)22-21(24)15-23-17(2)14-19-10-6-7-11-20(19)23/h3-11,14,16H,12-13,15H2,1-2H3,(H,22,24)/t16-/m0/s1. The van der Waals surface area contributed by atoms with E-state index in [0.29, 0.717) is 6.54 Å². The van der Waals surface area contributed by atoms with Gasteiger partial charge in [0.1, 0.15) is 6.54 Å². The monoisotopic (exact) mass is 320 g/mol. The number of aromatic nitrogens is 1. The van der Waals surface area contributed by atoms with Gasteiger partial charge in [0, 0.05) is 17.3 Å². The van der Waals surface area contributed by atoms with Crippen LogP contribution in [0.5, 0.6) is 0 Å². The zero-order valence-corrected chi connectivity index (χ0v) is 14.3. The Bertz CT molecular complexity index is 820. The second kappa shape index (κ2) is 7.35. The highest BCUT2D eigenvalue weighted by atomic mass is 16.2. The van der Waals surface area contributed by atoms with Crippen LogP contribution in [0, 0.1) is 6.92 Å². The molecule has 2 aromatic carbocycles. The van der Waals surface area contributed by atoms with Crippen molar-refractivity contribution in [2.45, 2.75) is 39.3 Å². The van der Waals surface area contributed by atoms with Crippen LogP contribution in [-0.2, 0) is 17.8 Å². The molecule has 3 rings (SSSR count). The summed E-state index contributed by atoms with van der Waals surface area (Å²) in [6.07, 6.45) is 1.93. The SMILES string of the molecule is Cc1cc2ccccc2n1CC(=O)N[C@@H](C)CCc1ccccc1. The van der Waals surface area contributed by atoms with Gasteiger partial charge in [-0.05, 0) is 49.8 Å². The first-order valence-electron chi connectivity index (χ1n) is 8.51. The van der Waals surface area contributed by atoms with Crippen LogP contribution in [0.3, 0.4) is 0 Å². The van der Waals surface area contributed by atoms with Crippen LogP contribution >= 0.6 is 0 Å². The van der Waals surface area contributed by atoms with Crippen molar-refractivity contribution in [3.8, 4) is 0 Å². The molecule has 124 valence electrons. The predicted molar refractivity (Wildman–Crippen MR) is 99.0 cm³/mol. The smallest absolute Gasteiger partial charge is 0.240 e. The molecule has 0 fully saturated rings. The van der Waals surface area contributed by atoms with E-state index >= 15 is 0 Å². The molecule has 0 saturated carbocycles. The maximum absolute atomic E-state index is 12.4. The van der Waals surface area contributed by atoms with Crippen LogP contribution in [0.4, 0.5) is 0 Å². The molecule has 3 heteroatoms. The predicted octanol–water partition coefficient (Wildman–Crippen LogP) is 4.09. The highest BCUT2D eigenvalue weighted by Gasteiger charge is 2.11. The molecule has 1 N–H and O–H groups in total. The van der Waals surface area contributed by atoms with Gasteiger partial charge in [0.2, 0.25) is 5.91 Å². The van der Waals surface area contributed by atoms with Gasteiger partial charge in [-0.15, -0.1) is 0 Å². The Morgan fingerprint density at radius 1 is 1.08 bits per heavy atom. The molecule has 3 nitrogen and oxygen atoms in total. The molecule has 1 aromatic heterocycles. The lowest BCUT2D eigenvalue weighted by Gasteiger charge is -2.15. The topological polar surface area (TPSA) is 34.0 Å². The van der Waals surface area contributed by atoms with E-state index in [4.69, 9.17) is 0 Å². The van der Waals surface area contributed by atoms with Gasteiger partial charge in [-0.1, -0.05) is 48.5 Å². The quantitative estimate of drug-likeness (QED) is 0.729. The number of amides is 1. The third-order valence-corrected chi connectivity index (χ3v) is 4.44. The molecule has 0 saturated heterocycles. The van der Waals surface area contributed by atoms with E-state index in [2.05, 4.69) is 59.3 Å². The Kier molecular flexibility index (Phi) is 4.99. The summed E-state index contributed by atoms with van der Waals surface area (Å²) in [7, 11) is 0. The van der Waals surface area contributed by atoms with Crippen LogP contribution in [0.25, 0.3) is 10.9 Å². The van der Waals surface area contributed by atoms with Crippen LogP contribution in [-0.4, -0.2) is 16.5 Å². The first-order valence-corrected chi connectivity index (χ1v) is 8.51. The van der Waals surface area contributed by atoms with Gasteiger partial charge in [0.15, 0.2) is 0 Å². The molecular formula is C21H24N2O. The number of hydrogen-bond acceptors (Lipinski definition) is 1. The summed E-state index contributed by atoms with van der Waals surface area (Å²) in [6.45, 7) is 4.49. The average molecular weight is 320 g/mol. The van der Waals surface area contributed by atoms with Crippen LogP contribution in [0.2, 0.25) is 0 Å². The van der Waals surface area contributed by atoms with Gasteiger partial charge in [0.05, 0.1) is 0 Å². The summed E-state index contributed by atoms with van der Waals surface area (Å²) >= 11 is 0. The van der Waals surface area contributed by atoms with Crippen LogP contribution in [0.15, 0.2) is 60.7 Å². The number of aryl methyl sites for hydroxylation is 2. The first kappa shape index (κ1) is 16.3. The molecule has 0 bridgehead atoms. The number of hydrogen-bond donors (Lipinski definition) is 1. The molecule has 1 amide bonds. The second-order valence-corrected chi connectivity index (χ2v) is 6.42. The first-order chi connectivity index (χ1) is 11.6. The number of para-hydroxylation sites is 1. The lowest BCUT2D eigenvalue weighted by atomic mass is 10.1. The lowest BCUT2D eigenvalue weighted by molar-refractivity contribution is -0.122. The van der Waals surface area contributed by atoms with Gasteiger partial charge in [-0.25, -0.2) is 0 Å². The highest BCUT2D eigenvalue weighted by molar-refractivity contribution is 5.84. The molecule has 1 heterocycles. The van der Waals surface area contributed by atoms with E-state index in [-0.39, 0.29) is 11.9 Å². The van der Waals surface area contributed by atoms with Crippen molar-refractivity contribution < 1.29 is 4.79 Å². The van der Waals surface area contributed by atoms with Crippen molar-refractivity contribution in [3.63, 3.8) is 0 Å². The second-order valence-electron chi connectivity index (χ2n) is 6.42. The van der Waals surface area contributed by atoms with E-state index in [1.807, 2.05) is 25.1 Å². The number of benzene rings is 2. The molecule has 24 heavy (non-hydrogen) atoms. The Morgan fingerprint density at radius 2 is 1.79 bits per heavy atom. The van der Waals surface area contributed by atoms with E-state index in [0.717, 1.165) is 24.1 Å². The summed E-state index contributed by atoms with van der Waals surface area (Å²) in [5.41, 5.74) is 3.54. The lowest BCUT2D eigenvalue weighted by Crippen LogP contribution is -2.35. The third-order valence-electron chi connectivity index (χ3n) is 4.44. The highest BCUT2D eigenvalue weighted by Crippen LogP contribution is 2.18. The summed E-state index contributed by atoms with van der Waals surface area (Å²) < 4.78 is 2.08. The van der Waals surface area contributed by atoms with E-state index in [9.17, 15) is 4.79 Å². The largest absolute Gasteiger partial charge is 0.352 e. The molecule has 0 aliphatic rings. The number of nitrogens with zero attached hydrogens (tertiary/aromatic N) is 1. The van der Waals surface area contributed by atoms with E-state index in [1.54, 1.807) is 0 Å². The maximum Gasteiger partial charge on any atom is 0.240 e. The normalized spacial score (nSPS) is 12.2. The zero-order valence-electron chi connectivity index (χ0n) is 14.3. The molecular weight excluding hydrogens is 296 g/mol. The summed E-state index contributed by atoms with van der Waals surface area (Å²) in [4.78, 5) is 12.4.